The predicted molar refractivity (Wildman–Crippen MR) is 101 cm³/mol. The smallest absolute Gasteiger partial charge is 0.205 e. The van der Waals surface area contributed by atoms with Gasteiger partial charge in [-0.25, -0.2) is 4.98 Å². The molecule has 0 spiro atoms. The third-order valence-electron chi connectivity index (χ3n) is 4.54. The molecule has 1 N–H and O–H groups in total. The van der Waals surface area contributed by atoms with Gasteiger partial charge in [0.2, 0.25) is 5.88 Å². The van der Waals surface area contributed by atoms with E-state index in [-0.39, 0.29) is 5.88 Å². The molecule has 0 radical (unpaired) electrons. The fourth-order valence-electron chi connectivity index (χ4n) is 3.16. The molecule has 0 bridgehead atoms. The summed E-state index contributed by atoms with van der Waals surface area (Å²) in [6.07, 6.45) is 5.48. The first-order chi connectivity index (χ1) is 12.6. The van der Waals surface area contributed by atoms with Gasteiger partial charge in [-0.15, -0.1) is 0 Å². The van der Waals surface area contributed by atoms with Gasteiger partial charge in [0, 0.05) is 24.5 Å². The Morgan fingerprint density at radius 3 is 2.77 bits per heavy atom. The molecule has 4 aromatic rings. The Labute approximate surface area is 151 Å². The Hall–Kier alpha value is -3.28. The number of ether oxygens (including phenoxy) is 1. The number of aromatic hydroxyl groups is 1. The lowest BCUT2D eigenvalue weighted by atomic mass is 10.1. The van der Waals surface area contributed by atoms with Gasteiger partial charge in [-0.05, 0) is 37.6 Å². The summed E-state index contributed by atoms with van der Waals surface area (Å²) >= 11 is 0. The van der Waals surface area contributed by atoms with E-state index >= 15 is 0 Å². The first-order valence-corrected chi connectivity index (χ1v) is 8.49. The van der Waals surface area contributed by atoms with Crippen molar-refractivity contribution in [2.75, 3.05) is 7.11 Å². The van der Waals surface area contributed by atoms with Gasteiger partial charge in [-0.2, -0.15) is 5.10 Å². The summed E-state index contributed by atoms with van der Waals surface area (Å²) < 4.78 is 8.85. The van der Waals surface area contributed by atoms with Crippen LogP contribution < -0.4 is 4.74 Å². The van der Waals surface area contributed by atoms with Gasteiger partial charge in [0.1, 0.15) is 5.75 Å². The van der Waals surface area contributed by atoms with E-state index in [1.54, 1.807) is 17.9 Å². The third kappa shape index (κ3) is 2.60. The summed E-state index contributed by atoms with van der Waals surface area (Å²) in [7, 11) is 1.65. The molecule has 26 heavy (non-hydrogen) atoms. The molecule has 3 aromatic heterocycles. The van der Waals surface area contributed by atoms with Gasteiger partial charge < -0.3 is 9.84 Å². The maximum atomic E-state index is 10.7. The summed E-state index contributed by atoms with van der Waals surface area (Å²) in [6, 6.07) is 9.78. The van der Waals surface area contributed by atoms with Gasteiger partial charge in [0.25, 0.3) is 0 Å². The number of pyridine rings is 1. The monoisotopic (exact) mass is 348 g/mol. The SMILES string of the molecule is CCn1cc(-n2cc3nc(-c4cccc(OC)c4)cc(C)c3c2O)cn1. The normalized spacial score (nSPS) is 11.2. The van der Waals surface area contributed by atoms with Gasteiger partial charge in [-0.3, -0.25) is 9.25 Å². The lowest BCUT2D eigenvalue weighted by Gasteiger charge is -2.06. The van der Waals surface area contributed by atoms with Crippen molar-refractivity contribution in [3.63, 3.8) is 0 Å². The molecule has 6 nitrogen and oxygen atoms in total. The van der Waals surface area contributed by atoms with E-state index in [0.717, 1.165) is 45.7 Å². The van der Waals surface area contributed by atoms with E-state index < -0.39 is 0 Å². The van der Waals surface area contributed by atoms with Crippen molar-refractivity contribution < 1.29 is 9.84 Å². The van der Waals surface area contributed by atoms with Crippen molar-refractivity contribution in [3.05, 3.63) is 54.5 Å². The van der Waals surface area contributed by atoms with Gasteiger partial charge in [0.15, 0.2) is 0 Å². The lowest BCUT2D eigenvalue weighted by Crippen LogP contribution is -1.93. The molecule has 0 saturated carbocycles. The van der Waals surface area contributed by atoms with E-state index in [4.69, 9.17) is 9.72 Å². The largest absolute Gasteiger partial charge is 0.497 e. The van der Waals surface area contributed by atoms with E-state index in [9.17, 15) is 5.11 Å². The first kappa shape index (κ1) is 16.2. The Morgan fingerprint density at radius 1 is 1.19 bits per heavy atom. The van der Waals surface area contributed by atoms with Crippen LogP contribution in [-0.2, 0) is 6.54 Å². The highest BCUT2D eigenvalue weighted by Crippen LogP contribution is 2.34. The topological polar surface area (TPSA) is 65.1 Å². The fraction of sp³-hybridized carbons (Fsp3) is 0.200. The van der Waals surface area contributed by atoms with Crippen molar-refractivity contribution in [3.8, 4) is 28.6 Å². The van der Waals surface area contributed by atoms with Crippen LogP contribution in [0.15, 0.2) is 48.9 Å². The van der Waals surface area contributed by atoms with Crippen molar-refractivity contribution in [1.29, 1.82) is 0 Å². The summed E-state index contributed by atoms with van der Waals surface area (Å²) in [4.78, 5) is 4.75. The molecule has 0 aliphatic rings. The minimum absolute atomic E-state index is 0.179. The maximum absolute atomic E-state index is 10.7. The van der Waals surface area contributed by atoms with Crippen LogP contribution in [0.4, 0.5) is 0 Å². The molecule has 1 aromatic carbocycles. The molecule has 132 valence electrons. The van der Waals surface area contributed by atoms with Crippen molar-refractivity contribution in [2.24, 2.45) is 0 Å². The molecule has 0 atom stereocenters. The summed E-state index contributed by atoms with van der Waals surface area (Å²) in [5.41, 5.74) is 4.33. The molecule has 0 aliphatic carbocycles. The minimum Gasteiger partial charge on any atom is -0.497 e. The highest BCUT2D eigenvalue weighted by molar-refractivity contribution is 5.90. The molecular formula is C20H20N4O2. The number of nitrogens with zero attached hydrogens (tertiary/aromatic N) is 4. The average molecular weight is 348 g/mol. The predicted octanol–water partition coefficient (Wildman–Crippen LogP) is 3.93. The molecule has 3 heterocycles. The summed E-state index contributed by atoms with van der Waals surface area (Å²) in [5, 5.41) is 15.7. The Morgan fingerprint density at radius 2 is 2.04 bits per heavy atom. The van der Waals surface area contributed by atoms with Crippen LogP contribution in [0.3, 0.4) is 0 Å². The Bertz CT molecular complexity index is 1090. The number of hydrogen-bond donors (Lipinski definition) is 1. The van der Waals surface area contributed by atoms with Crippen LogP contribution in [0.25, 0.3) is 27.8 Å². The van der Waals surface area contributed by atoms with Crippen molar-refractivity contribution in [2.45, 2.75) is 20.4 Å². The standard InChI is InChI=1S/C20H20N4O2/c1-4-23-11-15(10-21-23)24-12-18-19(20(24)25)13(2)8-17(22-18)14-6-5-7-16(9-14)26-3/h5-12,25H,4H2,1-3H3. The zero-order valence-electron chi connectivity index (χ0n) is 15.0. The molecule has 4 rings (SSSR count). The summed E-state index contributed by atoms with van der Waals surface area (Å²) in [6.45, 7) is 4.78. The second-order valence-corrected chi connectivity index (χ2v) is 6.19. The summed E-state index contributed by atoms with van der Waals surface area (Å²) in [5.74, 6) is 0.965. The maximum Gasteiger partial charge on any atom is 0.205 e. The quantitative estimate of drug-likeness (QED) is 0.607. The second kappa shape index (κ2) is 6.22. The van der Waals surface area contributed by atoms with Crippen LogP contribution in [0.5, 0.6) is 11.6 Å². The molecule has 0 fully saturated rings. The first-order valence-electron chi connectivity index (χ1n) is 8.49. The molecule has 6 heteroatoms. The number of benzene rings is 1. The van der Waals surface area contributed by atoms with Crippen molar-refractivity contribution in [1.82, 2.24) is 19.3 Å². The van der Waals surface area contributed by atoms with Crippen LogP contribution >= 0.6 is 0 Å². The van der Waals surface area contributed by atoms with E-state index in [2.05, 4.69) is 5.10 Å². The zero-order valence-corrected chi connectivity index (χ0v) is 15.0. The van der Waals surface area contributed by atoms with Crippen LogP contribution in [0, 0.1) is 6.92 Å². The Kier molecular flexibility index (Phi) is 3.88. The number of methoxy groups -OCH3 is 1. The minimum atomic E-state index is 0.179. The molecule has 0 amide bonds. The van der Waals surface area contributed by atoms with Crippen LogP contribution in [0.1, 0.15) is 12.5 Å². The third-order valence-corrected chi connectivity index (χ3v) is 4.54. The van der Waals surface area contributed by atoms with Gasteiger partial charge in [0.05, 0.1) is 35.6 Å². The van der Waals surface area contributed by atoms with E-state index in [1.807, 2.05) is 61.3 Å². The number of aryl methyl sites for hydroxylation is 2. The number of rotatable bonds is 4. The average Bonchev–Trinajstić information content (AvgIpc) is 3.26. The number of fused-ring (bicyclic) bond motifs is 1. The van der Waals surface area contributed by atoms with Crippen LogP contribution in [-0.4, -0.2) is 31.5 Å². The molecular weight excluding hydrogens is 328 g/mol. The van der Waals surface area contributed by atoms with E-state index in [1.165, 1.54) is 0 Å². The highest BCUT2D eigenvalue weighted by Gasteiger charge is 2.16. The van der Waals surface area contributed by atoms with Crippen molar-refractivity contribution >= 4 is 10.9 Å². The second-order valence-electron chi connectivity index (χ2n) is 6.19. The van der Waals surface area contributed by atoms with Gasteiger partial charge >= 0.3 is 0 Å². The highest BCUT2D eigenvalue weighted by atomic mass is 16.5. The number of hydrogen-bond acceptors (Lipinski definition) is 4. The molecule has 0 aliphatic heterocycles. The zero-order chi connectivity index (χ0) is 18.3. The Balaban J connectivity index is 1.87. The lowest BCUT2D eigenvalue weighted by molar-refractivity contribution is 0.415. The van der Waals surface area contributed by atoms with Gasteiger partial charge in [-0.1, -0.05) is 12.1 Å². The fourth-order valence-corrected chi connectivity index (χ4v) is 3.16. The molecule has 0 saturated heterocycles. The molecule has 0 unspecified atom stereocenters. The van der Waals surface area contributed by atoms with Crippen LogP contribution in [0.2, 0.25) is 0 Å². The van der Waals surface area contributed by atoms with E-state index in [0.29, 0.717) is 0 Å². The number of aromatic nitrogens is 4.